The topological polar surface area (TPSA) is 85.4 Å². The average Bonchev–Trinajstić information content (AvgIpc) is 2.48. The molecule has 0 atom stereocenters. The molecule has 0 bridgehead atoms. The minimum absolute atomic E-state index is 0.0637. The number of nitrogens with one attached hydrogen (secondary N) is 2. The zero-order chi connectivity index (χ0) is 17.9. The molecule has 0 aliphatic carbocycles. The Balaban J connectivity index is 1.89. The van der Waals surface area contributed by atoms with Crippen molar-refractivity contribution in [3.63, 3.8) is 0 Å². The highest BCUT2D eigenvalue weighted by atomic mass is 19.1. The molecule has 0 unspecified atom stereocenters. The third kappa shape index (κ3) is 4.89. The summed E-state index contributed by atoms with van der Waals surface area (Å²) in [5.41, 5.74) is -0.455. The Morgan fingerprint density at radius 1 is 1.25 bits per heavy atom. The molecule has 7 nitrogen and oxygen atoms in total. The van der Waals surface area contributed by atoms with Gasteiger partial charge in [0.05, 0.1) is 6.54 Å². The Hall–Kier alpha value is -2.22. The van der Waals surface area contributed by atoms with Crippen LogP contribution < -0.4 is 5.49 Å². The lowest BCUT2D eigenvalue weighted by atomic mass is 10.2. The minimum atomic E-state index is -0.519. The molecular weight excluding hydrogens is 313 g/mol. The van der Waals surface area contributed by atoms with E-state index in [0.29, 0.717) is 32.7 Å². The Labute approximate surface area is 140 Å². The first-order valence-electron chi connectivity index (χ1n) is 7.86. The lowest BCUT2D eigenvalue weighted by Gasteiger charge is -2.35. The van der Waals surface area contributed by atoms with E-state index in [1.165, 1.54) is 16.7 Å². The van der Waals surface area contributed by atoms with Gasteiger partial charge in [0.1, 0.15) is 22.7 Å². The van der Waals surface area contributed by atoms with E-state index in [9.17, 15) is 9.18 Å². The van der Waals surface area contributed by atoms with Crippen LogP contribution in [0.5, 0.6) is 0 Å². The van der Waals surface area contributed by atoms with Gasteiger partial charge in [-0.1, -0.05) is 0 Å². The molecule has 2 N–H and O–H groups in total. The number of amides is 1. The van der Waals surface area contributed by atoms with E-state index in [-0.39, 0.29) is 17.4 Å². The highest BCUT2D eigenvalue weighted by Crippen LogP contribution is 2.11. The Kier molecular flexibility index (Phi) is 5.38. The molecule has 1 saturated heterocycles. The SMILES string of the molecule is CC(C)(C)OC(=O)N1CCN(CC(=N)n2cc(F)ccc2=N)CC1. The summed E-state index contributed by atoms with van der Waals surface area (Å²) in [6.07, 6.45) is 0.812. The number of rotatable bonds is 2. The van der Waals surface area contributed by atoms with Crippen LogP contribution in [0.25, 0.3) is 0 Å². The molecular formula is C16H24FN5O2. The van der Waals surface area contributed by atoms with Crippen molar-refractivity contribution in [3.8, 4) is 0 Å². The van der Waals surface area contributed by atoms with Crippen LogP contribution in [-0.2, 0) is 4.74 Å². The lowest BCUT2D eigenvalue weighted by Crippen LogP contribution is -2.51. The Morgan fingerprint density at radius 3 is 2.46 bits per heavy atom. The van der Waals surface area contributed by atoms with Crippen LogP contribution in [0, 0.1) is 16.6 Å². The maximum absolute atomic E-state index is 13.3. The zero-order valence-corrected chi connectivity index (χ0v) is 14.3. The van der Waals surface area contributed by atoms with Gasteiger partial charge in [0.15, 0.2) is 0 Å². The average molecular weight is 337 g/mol. The van der Waals surface area contributed by atoms with Crippen molar-refractivity contribution in [2.75, 3.05) is 32.7 Å². The summed E-state index contributed by atoms with van der Waals surface area (Å²) in [5.74, 6) is -0.351. The molecule has 2 rings (SSSR count). The molecule has 0 radical (unpaired) electrons. The van der Waals surface area contributed by atoms with E-state index < -0.39 is 11.4 Å². The van der Waals surface area contributed by atoms with Gasteiger partial charge in [-0.05, 0) is 32.9 Å². The van der Waals surface area contributed by atoms with Crippen LogP contribution in [0.2, 0.25) is 0 Å². The maximum atomic E-state index is 13.3. The minimum Gasteiger partial charge on any atom is -0.444 e. The molecule has 0 saturated carbocycles. The molecule has 1 aliphatic heterocycles. The molecule has 8 heteroatoms. The standard InChI is InChI=1S/C16H24FN5O2/c1-16(2,3)24-15(23)21-8-6-20(7-9-21)11-14(19)22-10-12(17)4-5-13(22)18/h4-5,10,18-19H,6-9,11H2,1-3H3. The van der Waals surface area contributed by atoms with Gasteiger partial charge < -0.3 is 9.64 Å². The normalized spacial score (nSPS) is 16.1. The zero-order valence-electron chi connectivity index (χ0n) is 14.3. The fraction of sp³-hybridized carbons (Fsp3) is 0.562. The second-order valence-corrected chi connectivity index (χ2v) is 6.79. The molecule has 1 aliphatic rings. The molecule has 2 heterocycles. The van der Waals surface area contributed by atoms with Crippen molar-refractivity contribution in [1.82, 2.24) is 14.4 Å². The van der Waals surface area contributed by atoms with Crippen LogP contribution >= 0.6 is 0 Å². The van der Waals surface area contributed by atoms with Gasteiger partial charge in [0.2, 0.25) is 0 Å². The summed E-state index contributed by atoms with van der Waals surface area (Å²) in [7, 11) is 0. The van der Waals surface area contributed by atoms with Crippen molar-refractivity contribution in [2.45, 2.75) is 26.4 Å². The van der Waals surface area contributed by atoms with Crippen molar-refractivity contribution in [2.24, 2.45) is 0 Å². The van der Waals surface area contributed by atoms with Crippen molar-refractivity contribution < 1.29 is 13.9 Å². The van der Waals surface area contributed by atoms with E-state index in [1.807, 2.05) is 25.7 Å². The quantitative estimate of drug-likeness (QED) is 0.633. The van der Waals surface area contributed by atoms with Crippen molar-refractivity contribution in [1.29, 1.82) is 10.8 Å². The molecule has 1 amide bonds. The number of hydrogen-bond acceptors (Lipinski definition) is 5. The fourth-order valence-electron chi connectivity index (χ4n) is 2.40. The predicted molar refractivity (Wildman–Crippen MR) is 87.6 cm³/mol. The van der Waals surface area contributed by atoms with Crippen LogP contribution in [-0.4, -0.2) is 64.6 Å². The first-order chi connectivity index (χ1) is 11.2. The van der Waals surface area contributed by atoms with Crippen LogP contribution in [0.15, 0.2) is 18.3 Å². The van der Waals surface area contributed by atoms with E-state index in [2.05, 4.69) is 0 Å². The summed E-state index contributed by atoms with van der Waals surface area (Å²) >= 11 is 0. The Bertz CT molecular complexity index is 672. The summed E-state index contributed by atoms with van der Waals surface area (Å²) < 4.78 is 19.9. The van der Waals surface area contributed by atoms with E-state index >= 15 is 0 Å². The summed E-state index contributed by atoms with van der Waals surface area (Å²) in [6, 6.07) is 2.52. The van der Waals surface area contributed by atoms with Crippen molar-refractivity contribution in [3.05, 3.63) is 29.6 Å². The third-order valence-corrected chi connectivity index (χ3v) is 3.60. The fourth-order valence-corrected chi connectivity index (χ4v) is 2.40. The molecule has 1 fully saturated rings. The third-order valence-electron chi connectivity index (χ3n) is 3.60. The second kappa shape index (κ2) is 7.12. The molecule has 24 heavy (non-hydrogen) atoms. The number of halogens is 1. The Morgan fingerprint density at radius 2 is 1.88 bits per heavy atom. The van der Waals surface area contributed by atoms with Crippen LogP contribution in [0.1, 0.15) is 20.8 Å². The number of aromatic nitrogens is 1. The number of nitrogens with zero attached hydrogens (tertiary/aromatic N) is 3. The van der Waals surface area contributed by atoms with Gasteiger partial charge in [-0.3, -0.25) is 20.3 Å². The van der Waals surface area contributed by atoms with Crippen LogP contribution in [0.4, 0.5) is 9.18 Å². The summed E-state index contributed by atoms with van der Waals surface area (Å²) in [5, 5.41) is 15.8. The molecule has 132 valence electrons. The molecule has 0 aromatic carbocycles. The van der Waals surface area contributed by atoms with E-state index in [0.717, 1.165) is 6.20 Å². The van der Waals surface area contributed by atoms with Gasteiger partial charge in [-0.2, -0.15) is 0 Å². The molecule has 1 aromatic heterocycles. The van der Waals surface area contributed by atoms with E-state index in [1.54, 1.807) is 4.90 Å². The van der Waals surface area contributed by atoms with Crippen LogP contribution in [0.3, 0.4) is 0 Å². The van der Waals surface area contributed by atoms with Crippen molar-refractivity contribution >= 4 is 11.9 Å². The number of pyridine rings is 1. The monoisotopic (exact) mass is 337 g/mol. The molecule has 1 aromatic rings. The lowest BCUT2D eigenvalue weighted by molar-refractivity contribution is 0.0156. The number of carbonyl (C=O) groups is 1. The number of carbonyl (C=O) groups excluding carboxylic acids is 1. The maximum Gasteiger partial charge on any atom is 0.410 e. The summed E-state index contributed by atoms with van der Waals surface area (Å²) in [6.45, 7) is 8.02. The highest BCUT2D eigenvalue weighted by Gasteiger charge is 2.26. The van der Waals surface area contributed by atoms with Gasteiger partial charge in [-0.25, -0.2) is 9.18 Å². The number of ether oxygens (including phenoxy) is 1. The van der Waals surface area contributed by atoms with Gasteiger partial charge >= 0.3 is 6.09 Å². The van der Waals surface area contributed by atoms with Gasteiger partial charge in [0.25, 0.3) is 0 Å². The first-order valence-corrected chi connectivity index (χ1v) is 7.86. The predicted octanol–water partition coefficient (Wildman–Crippen LogP) is 1.48. The number of hydrogen-bond donors (Lipinski definition) is 2. The first kappa shape index (κ1) is 18.1. The number of piperazine rings is 1. The summed E-state index contributed by atoms with van der Waals surface area (Å²) in [4.78, 5) is 15.7. The molecule has 0 spiro atoms. The smallest absolute Gasteiger partial charge is 0.410 e. The van der Waals surface area contributed by atoms with E-state index in [4.69, 9.17) is 15.6 Å². The van der Waals surface area contributed by atoms with Gasteiger partial charge in [-0.15, -0.1) is 0 Å². The second-order valence-electron chi connectivity index (χ2n) is 6.79. The largest absolute Gasteiger partial charge is 0.444 e. The highest BCUT2D eigenvalue weighted by molar-refractivity contribution is 5.83. The van der Waals surface area contributed by atoms with Gasteiger partial charge in [0, 0.05) is 32.4 Å².